The second kappa shape index (κ2) is 6.20. The Morgan fingerprint density at radius 2 is 2.05 bits per heavy atom. The Kier molecular flexibility index (Phi) is 4.56. The van der Waals surface area contributed by atoms with E-state index in [4.69, 9.17) is 4.74 Å². The van der Waals surface area contributed by atoms with Crippen molar-refractivity contribution in [3.8, 4) is 5.75 Å². The molecule has 1 amide bonds. The molecule has 0 bridgehead atoms. The highest BCUT2D eigenvalue weighted by atomic mass is 16.5. The summed E-state index contributed by atoms with van der Waals surface area (Å²) in [5.41, 5.74) is 0.847. The van der Waals surface area contributed by atoms with Crippen molar-refractivity contribution >= 4 is 5.91 Å². The van der Waals surface area contributed by atoms with Gasteiger partial charge >= 0.3 is 0 Å². The van der Waals surface area contributed by atoms with Crippen molar-refractivity contribution in [3.63, 3.8) is 0 Å². The van der Waals surface area contributed by atoms with Gasteiger partial charge in [0.05, 0.1) is 12.9 Å². The maximum atomic E-state index is 12.3. The molecule has 0 unspecified atom stereocenters. The van der Waals surface area contributed by atoms with Crippen molar-refractivity contribution in [1.29, 1.82) is 0 Å². The number of ether oxygens (including phenoxy) is 1. The molecule has 2 rings (SSSR count). The summed E-state index contributed by atoms with van der Waals surface area (Å²) in [5.74, 6) is 1.02. The van der Waals surface area contributed by atoms with Gasteiger partial charge in [0.2, 0.25) is 5.91 Å². The SMILES string of the molecule is C=C(OC)[C@H]1CN(C(=O)C(C)C)C[C@H]1c1ccccc1O. The van der Waals surface area contributed by atoms with E-state index in [2.05, 4.69) is 6.58 Å². The second-order valence-corrected chi connectivity index (χ2v) is 5.84. The molecule has 0 spiro atoms. The van der Waals surface area contributed by atoms with Gasteiger partial charge in [-0.25, -0.2) is 0 Å². The number of rotatable bonds is 4. The third-order valence-corrected chi connectivity index (χ3v) is 4.14. The number of nitrogens with zero attached hydrogens (tertiary/aromatic N) is 1. The first kappa shape index (κ1) is 15.4. The molecule has 1 N–H and O–H groups in total. The second-order valence-electron chi connectivity index (χ2n) is 5.84. The zero-order valence-corrected chi connectivity index (χ0v) is 12.9. The quantitative estimate of drug-likeness (QED) is 0.867. The average Bonchev–Trinajstić information content (AvgIpc) is 2.90. The summed E-state index contributed by atoms with van der Waals surface area (Å²) < 4.78 is 5.30. The number of carbonyl (C=O) groups excluding carboxylic acids is 1. The molecule has 2 atom stereocenters. The number of likely N-dealkylation sites (tertiary alicyclic amines) is 1. The van der Waals surface area contributed by atoms with E-state index in [0.29, 0.717) is 18.8 Å². The van der Waals surface area contributed by atoms with Crippen LogP contribution in [-0.2, 0) is 9.53 Å². The molecule has 0 aromatic heterocycles. The van der Waals surface area contributed by atoms with Gasteiger partial charge in [0.15, 0.2) is 0 Å². The highest BCUT2D eigenvalue weighted by Crippen LogP contribution is 2.40. The highest BCUT2D eigenvalue weighted by molar-refractivity contribution is 5.78. The number of carbonyl (C=O) groups is 1. The summed E-state index contributed by atoms with van der Waals surface area (Å²) in [7, 11) is 1.59. The monoisotopic (exact) mass is 289 g/mol. The molecule has 1 heterocycles. The minimum Gasteiger partial charge on any atom is -0.508 e. The van der Waals surface area contributed by atoms with Gasteiger partial charge < -0.3 is 14.7 Å². The lowest BCUT2D eigenvalue weighted by molar-refractivity contribution is -0.133. The van der Waals surface area contributed by atoms with E-state index in [1.54, 1.807) is 19.2 Å². The van der Waals surface area contributed by atoms with E-state index in [0.717, 1.165) is 5.56 Å². The van der Waals surface area contributed by atoms with Gasteiger partial charge in [0, 0.05) is 30.8 Å². The van der Waals surface area contributed by atoms with Crippen LogP contribution in [0.2, 0.25) is 0 Å². The molecule has 21 heavy (non-hydrogen) atoms. The molecule has 1 aromatic carbocycles. The fourth-order valence-corrected chi connectivity index (χ4v) is 2.94. The van der Waals surface area contributed by atoms with Crippen LogP contribution in [0, 0.1) is 11.8 Å². The summed E-state index contributed by atoms with van der Waals surface area (Å²) in [6.07, 6.45) is 0. The summed E-state index contributed by atoms with van der Waals surface area (Å²) in [5, 5.41) is 10.1. The van der Waals surface area contributed by atoms with Gasteiger partial charge in [0.1, 0.15) is 5.75 Å². The van der Waals surface area contributed by atoms with Crippen molar-refractivity contribution in [2.24, 2.45) is 11.8 Å². The molecule has 1 fully saturated rings. The van der Waals surface area contributed by atoms with Gasteiger partial charge in [0.25, 0.3) is 0 Å². The average molecular weight is 289 g/mol. The number of hydrogen-bond acceptors (Lipinski definition) is 3. The Morgan fingerprint density at radius 1 is 1.38 bits per heavy atom. The number of benzene rings is 1. The van der Waals surface area contributed by atoms with Crippen LogP contribution >= 0.6 is 0 Å². The van der Waals surface area contributed by atoms with E-state index in [-0.39, 0.29) is 29.4 Å². The molecule has 0 radical (unpaired) electrons. The van der Waals surface area contributed by atoms with Gasteiger partial charge in [-0.15, -0.1) is 0 Å². The topological polar surface area (TPSA) is 49.8 Å². The van der Waals surface area contributed by atoms with E-state index < -0.39 is 0 Å². The molecule has 1 saturated heterocycles. The first-order valence-corrected chi connectivity index (χ1v) is 7.25. The Hall–Kier alpha value is -1.97. The Labute approximate surface area is 126 Å². The first-order chi connectivity index (χ1) is 9.95. The zero-order chi connectivity index (χ0) is 15.6. The molecule has 0 saturated carbocycles. The number of phenolic OH excluding ortho intramolecular Hbond substituents is 1. The smallest absolute Gasteiger partial charge is 0.225 e. The predicted octanol–water partition coefficient (Wildman–Crippen LogP) is 2.75. The zero-order valence-electron chi connectivity index (χ0n) is 12.9. The van der Waals surface area contributed by atoms with Crippen molar-refractivity contribution in [2.75, 3.05) is 20.2 Å². The number of hydrogen-bond donors (Lipinski definition) is 1. The highest BCUT2D eigenvalue weighted by Gasteiger charge is 2.39. The fraction of sp³-hybridized carbons (Fsp3) is 0.471. The van der Waals surface area contributed by atoms with Crippen molar-refractivity contribution in [1.82, 2.24) is 4.90 Å². The van der Waals surface area contributed by atoms with Crippen molar-refractivity contribution in [3.05, 3.63) is 42.2 Å². The number of methoxy groups -OCH3 is 1. The van der Waals surface area contributed by atoms with Crippen LogP contribution < -0.4 is 0 Å². The van der Waals surface area contributed by atoms with E-state index in [1.165, 1.54) is 0 Å². The van der Waals surface area contributed by atoms with E-state index in [1.807, 2.05) is 30.9 Å². The third-order valence-electron chi connectivity index (χ3n) is 4.14. The van der Waals surface area contributed by atoms with Crippen LogP contribution in [-0.4, -0.2) is 36.1 Å². The minimum absolute atomic E-state index is 0.00556. The molecular formula is C17H23NO3. The van der Waals surface area contributed by atoms with Crippen molar-refractivity contribution in [2.45, 2.75) is 19.8 Å². The molecule has 4 heteroatoms. The van der Waals surface area contributed by atoms with Crippen LogP contribution in [0.3, 0.4) is 0 Å². The van der Waals surface area contributed by atoms with Crippen LogP contribution in [0.5, 0.6) is 5.75 Å². The van der Waals surface area contributed by atoms with Crippen LogP contribution in [0.15, 0.2) is 36.6 Å². The summed E-state index contributed by atoms with van der Waals surface area (Å²) >= 11 is 0. The Morgan fingerprint density at radius 3 is 2.62 bits per heavy atom. The molecule has 0 aliphatic carbocycles. The van der Waals surface area contributed by atoms with Crippen LogP contribution in [0.25, 0.3) is 0 Å². The molecule has 114 valence electrons. The predicted molar refractivity (Wildman–Crippen MR) is 81.9 cm³/mol. The van der Waals surface area contributed by atoms with Crippen LogP contribution in [0.4, 0.5) is 0 Å². The maximum absolute atomic E-state index is 12.3. The number of aromatic hydroxyl groups is 1. The normalized spacial score (nSPS) is 21.6. The van der Waals surface area contributed by atoms with Gasteiger partial charge in [-0.3, -0.25) is 4.79 Å². The lowest BCUT2D eigenvalue weighted by Gasteiger charge is -2.20. The van der Waals surface area contributed by atoms with Gasteiger partial charge in [-0.2, -0.15) is 0 Å². The minimum atomic E-state index is -0.0374. The molecular weight excluding hydrogens is 266 g/mol. The molecule has 1 aromatic rings. The number of para-hydroxylation sites is 1. The van der Waals surface area contributed by atoms with E-state index >= 15 is 0 Å². The van der Waals surface area contributed by atoms with Gasteiger partial charge in [-0.1, -0.05) is 38.6 Å². The van der Waals surface area contributed by atoms with E-state index in [9.17, 15) is 9.90 Å². The molecule has 4 nitrogen and oxygen atoms in total. The van der Waals surface area contributed by atoms with Crippen molar-refractivity contribution < 1.29 is 14.6 Å². The van der Waals surface area contributed by atoms with Gasteiger partial charge in [-0.05, 0) is 11.6 Å². The summed E-state index contributed by atoms with van der Waals surface area (Å²) in [6, 6.07) is 7.27. The summed E-state index contributed by atoms with van der Waals surface area (Å²) in [4.78, 5) is 14.1. The lowest BCUT2D eigenvalue weighted by atomic mass is 9.87. The lowest BCUT2D eigenvalue weighted by Crippen LogP contribution is -2.32. The molecule has 1 aliphatic heterocycles. The summed E-state index contributed by atoms with van der Waals surface area (Å²) in [6.45, 7) is 8.93. The maximum Gasteiger partial charge on any atom is 0.225 e. The molecule has 1 aliphatic rings. The Balaban J connectivity index is 2.31. The fourth-order valence-electron chi connectivity index (χ4n) is 2.94. The van der Waals surface area contributed by atoms with Crippen LogP contribution in [0.1, 0.15) is 25.3 Å². The Bertz CT molecular complexity index is 539. The third kappa shape index (κ3) is 3.04. The number of amides is 1. The first-order valence-electron chi connectivity index (χ1n) is 7.25. The largest absolute Gasteiger partial charge is 0.508 e. The standard InChI is InChI=1S/C17H23NO3/c1-11(2)17(20)18-9-14(12(3)21-4)15(10-18)13-7-5-6-8-16(13)19/h5-8,11,14-15,19H,3,9-10H2,1-2,4H3/t14-,15+/m1/s1. The number of phenols is 1.